The molecule has 0 aliphatic carbocycles. The third kappa shape index (κ3) is 3.75. The second-order valence-corrected chi connectivity index (χ2v) is 2.54. The van der Waals surface area contributed by atoms with Crippen molar-refractivity contribution in [2.24, 2.45) is 0 Å². The van der Waals surface area contributed by atoms with E-state index in [9.17, 15) is 4.79 Å². The molecule has 0 fully saturated rings. The van der Waals surface area contributed by atoms with E-state index in [2.05, 4.69) is 10.1 Å². The summed E-state index contributed by atoms with van der Waals surface area (Å²) in [5, 5.41) is 9.66. The van der Waals surface area contributed by atoms with Gasteiger partial charge in [-0.25, -0.2) is 4.79 Å². The highest BCUT2D eigenvalue weighted by Crippen LogP contribution is 1.93. The molecule has 0 atom stereocenters. The molecule has 0 saturated carbocycles. The van der Waals surface area contributed by atoms with Crippen molar-refractivity contribution in [3.63, 3.8) is 0 Å². The second kappa shape index (κ2) is 5.35. The molecule has 0 aliphatic rings. The summed E-state index contributed by atoms with van der Waals surface area (Å²) >= 11 is 0. The van der Waals surface area contributed by atoms with Gasteiger partial charge in [-0.15, -0.1) is 0 Å². The van der Waals surface area contributed by atoms with E-state index in [4.69, 9.17) is 5.41 Å². The van der Waals surface area contributed by atoms with Gasteiger partial charge >= 0.3 is 5.97 Å². The van der Waals surface area contributed by atoms with Gasteiger partial charge in [0.25, 0.3) is 0 Å². The highest BCUT2D eigenvalue weighted by molar-refractivity contribution is 5.92. The van der Waals surface area contributed by atoms with Gasteiger partial charge in [0.1, 0.15) is 5.70 Å². The van der Waals surface area contributed by atoms with E-state index in [-0.39, 0.29) is 6.04 Å². The molecule has 0 aromatic rings. The average Bonchev–Trinajstić information content (AvgIpc) is 2.01. The van der Waals surface area contributed by atoms with Crippen molar-refractivity contribution in [2.75, 3.05) is 7.11 Å². The maximum Gasteiger partial charge on any atom is 0.354 e. The van der Waals surface area contributed by atoms with Gasteiger partial charge in [0.15, 0.2) is 0 Å². The molecule has 0 aromatic heterocycles. The Hall–Kier alpha value is -1.32. The Labute approximate surface area is 72.1 Å². The third-order valence-electron chi connectivity index (χ3n) is 1.10. The summed E-state index contributed by atoms with van der Waals surface area (Å²) in [6.07, 6.45) is 2.41. The Morgan fingerprint density at radius 1 is 1.58 bits per heavy atom. The standard InChI is InChI=1S/C8H14N2O2/c1-6(2)10-7(4-5-9)8(11)12-3/h4-6,9-10H,1-3H3/b7-4-,9-5?. The van der Waals surface area contributed by atoms with E-state index < -0.39 is 5.97 Å². The number of carbonyl (C=O) groups is 1. The Bertz CT molecular complexity index is 197. The number of methoxy groups -OCH3 is 1. The number of ether oxygens (including phenoxy) is 1. The van der Waals surface area contributed by atoms with E-state index in [1.165, 1.54) is 13.2 Å². The first kappa shape index (κ1) is 10.7. The lowest BCUT2D eigenvalue weighted by molar-refractivity contribution is -0.136. The molecular weight excluding hydrogens is 156 g/mol. The summed E-state index contributed by atoms with van der Waals surface area (Å²) in [5.41, 5.74) is 0.308. The number of hydrogen-bond acceptors (Lipinski definition) is 4. The maximum atomic E-state index is 11.0. The average molecular weight is 170 g/mol. The van der Waals surface area contributed by atoms with Gasteiger partial charge in [0.05, 0.1) is 7.11 Å². The first-order chi connectivity index (χ1) is 5.61. The SMILES string of the molecule is COC(=O)/C(=C/C=N)NC(C)C. The van der Waals surface area contributed by atoms with Crippen LogP contribution >= 0.6 is 0 Å². The molecule has 0 rings (SSSR count). The minimum absolute atomic E-state index is 0.148. The number of nitrogens with one attached hydrogen (secondary N) is 2. The van der Waals surface area contributed by atoms with Crippen molar-refractivity contribution >= 4 is 12.2 Å². The lowest BCUT2D eigenvalue weighted by atomic mass is 10.3. The number of hydrogen-bond donors (Lipinski definition) is 2. The molecule has 4 heteroatoms. The summed E-state index contributed by atoms with van der Waals surface area (Å²) in [6.45, 7) is 3.81. The molecule has 0 heterocycles. The summed E-state index contributed by atoms with van der Waals surface area (Å²) in [7, 11) is 1.31. The van der Waals surface area contributed by atoms with Crippen LogP contribution < -0.4 is 5.32 Å². The Morgan fingerprint density at radius 3 is 2.50 bits per heavy atom. The maximum absolute atomic E-state index is 11.0. The van der Waals surface area contributed by atoms with Crippen LogP contribution in [0.4, 0.5) is 0 Å². The molecule has 0 bridgehead atoms. The molecule has 0 spiro atoms. The van der Waals surface area contributed by atoms with Crippen molar-refractivity contribution in [3.8, 4) is 0 Å². The predicted octanol–water partition coefficient (Wildman–Crippen LogP) is 0.691. The van der Waals surface area contributed by atoms with Crippen LogP contribution in [-0.2, 0) is 9.53 Å². The van der Waals surface area contributed by atoms with Crippen LogP contribution in [0, 0.1) is 5.41 Å². The van der Waals surface area contributed by atoms with E-state index >= 15 is 0 Å². The van der Waals surface area contributed by atoms with Crippen molar-refractivity contribution in [2.45, 2.75) is 19.9 Å². The summed E-state index contributed by atoms with van der Waals surface area (Å²) in [6, 6.07) is 0.148. The monoisotopic (exact) mass is 170 g/mol. The third-order valence-corrected chi connectivity index (χ3v) is 1.10. The van der Waals surface area contributed by atoms with Crippen molar-refractivity contribution in [1.82, 2.24) is 5.32 Å². The second-order valence-electron chi connectivity index (χ2n) is 2.54. The highest BCUT2D eigenvalue weighted by atomic mass is 16.5. The lowest BCUT2D eigenvalue weighted by Crippen LogP contribution is -2.27. The van der Waals surface area contributed by atoms with E-state index in [1.807, 2.05) is 13.8 Å². The molecule has 0 saturated heterocycles. The molecule has 12 heavy (non-hydrogen) atoms. The zero-order valence-electron chi connectivity index (χ0n) is 7.55. The van der Waals surface area contributed by atoms with Crippen molar-refractivity contribution in [3.05, 3.63) is 11.8 Å². The van der Waals surface area contributed by atoms with Crippen LogP contribution in [0.3, 0.4) is 0 Å². The van der Waals surface area contributed by atoms with Crippen LogP contribution in [0.1, 0.15) is 13.8 Å². The van der Waals surface area contributed by atoms with Crippen molar-refractivity contribution in [1.29, 1.82) is 5.41 Å². The van der Waals surface area contributed by atoms with E-state index in [1.54, 1.807) is 0 Å². The number of allylic oxidation sites excluding steroid dienone is 1. The van der Waals surface area contributed by atoms with Crippen LogP contribution in [0.5, 0.6) is 0 Å². The van der Waals surface area contributed by atoms with Crippen LogP contribution in [0.15, 0.2) is 11.8 Å². The highest BCUT2D eigenvalue weighted by Gasteiger charge is 2.08. The summed E-state index contributed by atoms with van der Waals surface area (Å²) < 4.78 is 4.49. The molecule has 68 valence electrons. The molecule has 0 amide bonds. The molecule has 0 radical (unpaired) electrons. The normalized spacial score (nSPS) is 11.2. The molecule has 0 aromatic carbocycles. The van der Waals surface area contributed by atoms with Gasteiger partial charge in [-0.3, -0.25) is 0 Å². The topological polar surface area (TPSA) is 62.2 Å². The van der Waals surface area contributed by atoms with Gasteiger partial charge in [0, 0.05) is 12.3 Å². The first-order valence-corrected chi connectivity index (χ1v) is 3.67. The molecule has 0 unspecified atom stereocenters. The molecule has 2 N–H and O–H groups in total. The molecular formula is C8H14N2O2. The molecule has 4 nitrogen and oxygen atoms in total. The minimum atomic E-state index is -0.452. The summed E-state index contributed by atoms with van der Waals surface area (Å²) in [4.78, 5) is 11.0. The minimum Gasteiger partial charge on any atom is -0.464 e. The van der Waals surface area contributed by atoms with E-state index in [0.717, 1.165) is 6.21 Å². The molecule has 0 aliphatic heterocycles. The first-order valence-electron chi connectivity index (χ1n) is 3.67. The Kier molecular flexibility index (Phi) is 4.76. The van der Waals surface area contributed by atoms with Crippen LogP contribution in [0.2, 0.25) is 0 Å². The number of carbonyl (C=O) groups excluding carboxylic acids is 1. The van der Waals surface area contributed by atoms with Crippen LogP contribution in [-0.4, -0.2) is 25.3 Å². The fraction of sp³-hybridized carbons (Fsp3) is 0.500. The summed E-state index contributed by atoms with van der Waals surface area (Å²) in [5.74, 6) is -0.452. The van der Waals surface area contributed by atoms with Gasteiger partial charge in [-0.2, -0.15) is 0 Å². The number of rotatable bonds is 4. The van der Waals surface area contributed by atoms with Gasteiger partial charge < -0.3 is 15.5 Å². The Balaban J connectivity index is 4.33. The fourth-order valence-corrected chi connectivity index (χ4v) is 0.679. The van der Waals surface area contributed by atoms with Gasteiger partial charge in [-0.1, -0.05) is 0 Å². The number of esters is 1. The predicted molar refractivity (Wildman–Crippen MR) is 47.2 cm³/mol. The largest absolute Gasteiger partial charge is 0.464 e. The van der Waals surface area contributed by atoms with Gasteiger partial charge in [0.2, 0.25) is 0 Å². The van der Waals surface area contributed by atoms with E-state index in [0.29, 0.717) is 5.70 Å². The van der Waals surface area contributed by atoms with Gasteiger partial charge in [-0.05, 0) is 19.9 Å². The lowest BCUT2D eigenvalue weighted by Gasteiger charge is -2.10. The fourth-order valence-electron chi connectivity index (χ4n) is 0.679. The smallest absolute Gasteiger partial charge is 0.354 e. The quantitative estimate of drug-likeness (QED) is 0.370. The Morgan fingerprint density at radius 2 is 2.17 bits per heavy atom. The zero-order valence-corrected chi connectivity index (χ0v) is 7.55. The van der Waals surface area contributed by atoms with Crippen LogP contribution in [0.25, 0.3) is 0 Å². The van der Waals surface area contributed by atoms with Crippen molar-refractivity contribution < 1.29 is 9.53 Å². The zero-order chi connectivity index (χ0) is 9.56.